The summed E-state index contributed by atoms with van der Waals surface area (Å²) in [6.45, 7) is 12.2. The monoisotopic (exact) mass is 315 g/mol. The van der Waals surface area contributed by atoms with Gasteiger partial charge in [0.25, 0.3) is 0 Å². The van der Waals surface area contributed by atoms with Gasteiger partial charge in [0, 0.05) is 12.6 Å². The molecule has 2 atom stereocenters. The maximum absolute atomic E-state index is 11.6. The molecule has 0 aromatic carbocycles. The fourth-order valence-electron chi connectivity index (χ4n) is 2.45. The number of carbonyl (C=O) groups is 1. The first-order valence-corrected chi connectivity index (χ1v) is 11.1. The molecule has 1 N–H and O–H groups in total. The molecule has 0 spiro atoms. The van der Waals surface area contributed by atoms with E-state index in [-0.39, 0.29) is 17.0 Å². The van der Waals surface area contributed by atoms with Crippen LogP contribution in [-0.4, -0.2) is 40.1 Å². The molecule has 0 saturated carbocycles. The second-order valence-corrected chi connectivity index (χ2v) is 12.4. The second kappa shape index (κ2) is 7.74. The van der Waals surface area contributed by atoms with Crippen molar-refractivity contribution in [3.63, 3.8) is 0 Å². The van der Waals surface area contributed by atoms with Crippen LogP contribution >= 0.6 is 0 Å². The Balaban J connectivity index is 2.28. The van der Waals surface area contributed by atoms with Crippen molar-refractivity contribution in [2.24, 2.45) is 0 Å². The number of hydrogen-bond donors (Lipinski definition) is 1. The van der Waals surface area contributed by atoms with Gasteiger partial charge in [0.1, 0.15) is 6.04 Å². The van der Waals surface area contributed by atoms with E-state index < -0.39 is 8.32 Å². The van der Waals surface area contributed by atoms with E-state index in [9.17, 15) is 4.79 Å². The van der Waals surface area contributed by atoms with Crippen molar-refractivity contribution in [3.05, 3.63) is 0 Å². The van der Waals surface area contributed by atoms with Crippen molar-refractivity contribution in [2.75, 3.05) is 13.7 Å². The molecule has 1 aliphatic rings. The van der Waals surface area contributed by atoms with Crippen LogP contribution in [0, 0.1) is 0 Å². The van der Waals surface area contributed by atoms with Gasteiger partial charge in [-0.1, -0.05) is 20.8 Å². The molecule has 0 aromatic heterocycles. The summed E-state index contributed by atoms with van der Waals surface area (Å²) < 4.78 is 11.0. The quantitative estimate of drug-likeness (QED) is 0.463. The average Bonchev–Trinajstić information content (AvgIpc) is 2.42. The molecule has 1 heterocycles. The van der Waals surface area contributed by atoms with Gasteiger partial charge in [-0.25, -0.2) is 0 Å². The highest BCUT2D eigenvalue weighted by molar-refractivity contribution is 6.74. The lowest BCUT2D eigenvalue weighted by atomic mass is 9.96. The molecule has 5 heteroatoms. The van der Waals surface area contributed by atoms with Gasteiger partial charge >= 0.3 is 5.97 Å². The van der Waals surface area contributed by atoms with Gasteiger partial charge < -0.3 is 14.5 Å². The summed E-state index contributed by atoms with van der Waals surface area (Å²) in [5, 5.41) is 3.68. The van der Waals surface area contributed by atoms with Crippen molar-refractivity contribution in [3.8, 4) is 0 Å². The third kappa shape index (κ3) is 5.72. The lowest BCUT2D eigenvalue weighted by molar-refractivity contribution is -0.144. The maximum Gasteiger partial charge on any atom is 0.322 e. The van der Waals surface area contributed by atoms with Crippen molar-refractivity contribution in [1.29, 1.82) is 0 Å². The van der Waals surface area contributed by atoms with Gasteiger partial charge in [0.2, 0.25) is 0 Å². The Morgan fingerprint density at radius 3 is 2.52 bits per heavy atom. The van der Waals surface area contributed by atoms with E-state index >= 15 is 0 Å². The van der Waals surface area contributed by atoms with Crippen molar-refractivity contribution in [2.45, 2.75) is 83.1 Å². The van der Waals surface area contributed by atoms with Gasteiger partial charge in [0.15, 0.2) is 8.32 Å². The summed E-state index contributed by atoms with van der Waals surface area (Å²) in [6.07, 6.45) is 5.26. The van der Waals surface area contributed by atoms with Crippen LogP contribution in [0.4, 0.5) is 0 Å². The summed E-state index contributed by atoms with van der Waals surface area (Å²) in [5.41, 5.74) is 0. The first-order valence-electron chi connectivity index (χ1n) is 8.15. The number of methoxy groups -OCH3 is 1. The van der Waals surface area contributed by atoms with E-state index in [0.717, 1.165) is 38.7 Å². The number of rotatable bonds is 6. The maximum atomic E-state index is 11.6. The van der Waals surface area contributed by atoms with Crippen LogP contribution in [-0.2, 0) is 14.0 Å². The Kier molecular flexibility index (Phi) is 6.88. The molecule has 21 heavy (non-hydrogen) atoms. The Hall–Kier alpha value is -0.393. The first-order chi connectivity index (χ1) is 9.67. The number of piperidine rings is 1. The van der Waals surface area contributed by atoms with Gasteiger partial charge in [-0.3, -0.25) is 4.79 Å². The summed E-state index contributed by atoms with van der Waals surface area (Å²) in [5.74, 6) is -0.128. The first kappa shape index (κ1) is 18.7. The standard InChI is InChI=1S/C16H33NO3Si/c1-16(2,3)21(5,6)20-12-8-10-13-9-7-11-14(17-13)15(18)19-4/h13-14,17H,7-12H2,1-6H3/t13-,14+/m0/s1. The normalized spacial score (nSPS) is 23.9. The minimum Gasteiger partial charge on any atom is -0.468 e. The molecule has 0 bridgehead atoms. The summed E-state index contributed by atoms with van der Waals surface area (Å²) in [6, 6.07) is 0.306. The second-order valence-electron chi connectivity index (χ2n) is 7.62. The van der Waals surface area contributed by atoms with Gasteiger partial charge in [-0.2, -0.15) is 0 Å². The Bertz CT molecular complexity index is 339. The number of ether oxygens (including phenoxy) is 1. The topological polar surface area (TPSA) is 47.6 Å². The van der Waals surface area contributed by atoms with Crippen molar-refractivity contribution in [1.82, 2.24) is 5.32 Å². The van der Waals surface area contributed by atoms with E-state index in [1.165, 1.54) is 7.11 Å². The van der Waals surface area contributed by atoms with Crippen LogP contribution in [0.3, 0.4) is 0 Å². The molecule has 1 rings (SSSR count). The summed E-state index contributed by atoms with van der Waals surface area (Å²) in [7, 11) is -0.164. The molecular weight excluding hydrogens is 282 g/mol. The predicted molar refractivity (Wildman–Crippen MR) is 89.0 cm³/mol. The summed E-state index contributed by atoms with van der Waals surface area (Å²) in [4.78, 5) is 11.6. The number of esters is 1. The Morgan fingerprint density at radius 2 is 1.95 bits per heavy atom. The lowest BCUT2D eigenvalue weighted by Gasteiger charge is -2.36. The predicted octanol–water partition coefficient (Wildman–Crippen LogP) is 3.47. The molecule has 0 aliphatic carbocycles. The highest BCUT2D eigenvalue weighted by Gasteiger charge is 2.37. The van der Waals surface area contributed by atoms with E-state index in [1.54, 1.807) is 0 Å². The molecule has 1 fully saturated rings. The number of nitrogens with one attached hydrogen (secondary N) is 1. The molecular formula is C16H33NO3Si. The highest BCUT2D eigenvalue weighted by Crippen LogP contribution is 2.36. The van der Waals surface area contributed by atoms with Gasteiger partial charge in [-0.15, -0.1) is 0 Å². The van der Waals surface area contributed by atoms with Crippen LogP contribution in [0.1, 0.15) is 52.9 Å². The third-order valence-electron chi connectivity index (χ3n) is 4.93. The van der Waals surface area contributed by atoms with E-state index in [4.69, 9.17) is 9.16 Å². The molecule has 0 amide bonds. The van der Waals surface area contributed by atoms with Crippen molar-refractivity contribution >= 4 is 14.3 Å². The molecule has 1 aliphatic heterocycles. The van der Waals surface area contributed by atoms with Gasteiger partial charge in [0.05, 0.1) is 7.11 Å². The highest BCUT2D eigenvalue weighted by atomic mass is 28.4. The van der Waals surface area contributed by atoms with Crippen LogP contribution in [0.5, 0.6) is 0 Å². The molecule has 0 radical (unpaired) electrons. The average molecular weight is 316 g/mol. The lowest BCUT2D eigenvalue weighted by Crippen LogP contribution is -2.47. The molecule has 4 nitrogen and oxygen atoms in total. The van der Waals surface area contributed by atoms with Crippen LogP contribution < -0.4 is 5.32 Å². The molecule has 0 unspecified atom stereocenters. The minimum absolute atomic E-state index is 0.116. The van der Waals surface area contributed by atoms with E-state index in [2.05, 4.69) is 39.2 Å². The van der Waals surface area contributed by atoms with Gasteiger partial charge in [-0.05, 0) is 50.2 Å². The smallest absolute Gasteiger partial charge is 0.322 e. The minimum atomic E-state index is -1.62. The largest absolute Gasteiger partial charge is 0.468 e. The zero-order valence-corrected chi connectivity index (χ0v) is 15.6. The molecule has 0 aromatic rings. The summed E-state index contributed by atoms with van der Waals surface area (Å²) >= 11 is 0. The SMILES string of the molecule is COC(=O)[C@H]1CCC[C@@H](CCCO[Si](C)(C)C(C)(C)C)N1. The molecule has 1 saturated heterocycles. The Labute approximate surface area is 131 Å². The zero-order chi connectivity index (χ0) is 16.1. The van der Waals surface area contributed by atoms with E-state index in [0.29, 0.717) is 6.04 Å². The third-order valence-corrected chi connectivity index (χ3v) is 9.47. The zero-order valence-electron chi connectivity index (χ0n) is 14.6. The van der Waals surface area contributed by atoms with Crippen LogP contribution in [0.2, 0.25) is 18.1 Å². The number of hydrogen-bond acceptors (Lipinski definition) is 4. The van der Waals surface area contributed by atoms with Crippen LogP contribution in [0.15, 0.2) is 0 Å². The van der Waals surface area contributed by atoms with Crippen molar-refractivity contribution < 1.29 is 14.0 Å². The van der Waals surface area contributed by atoms with E-state index in [1.807, 2.05) is 0 Å². The Morgan fingerprint density at radius 1 is 1.29 bits per heavy atom. The molecule has 124 valence electrons. The fraction of sp³-hybridized carbons (Fsp3) is 0.938. The number of carbonyl (C=O) groups excluding carboxylic acids is 1. The fourth-order valence-corrected chi connectivity index (χ4v) is 3.54. The van der Waals surface area contributed by atoms with Crippen LogP contribution in [0.25, 0.3) is 0 Å².